The SMILES string of the molecule is COc1c(CC(C)O)c2c3c(CC(C)O)c(OC)c(=O)c4c(O)cc(OC)c(c5c(OC)cc(O)c(c1=O)c52)c43. The first-order valence-electron chi connectivity index (χ1n) is 12.7. The number of aliphatic hydroxyl groups excluding tert-OH is 2. The molecule has 0 aliphatic carbocycles. The fourth-order valence-corrected chi connectivity index (χ4v) is 6.06. The predicted molar refractivity (Wildman–Crippen MR) is 152 cm³/mol. The topological polar surface area (TPSA) is 152 Å². The molecule has 5 rings (SSSR count). The smallest absolute Gasteiger partial charge is 0.232 e. The second-order valence-electron chi connectivity index (χ2n) is 9.98. The first kappa shape index (κ1) is 27.3. The zero-order valence-corrected chi connectivity index (χ0v) is 23.0. The minimum absolute atomic E-state index is 0.0244. The lowest BCUT2D eigenvalue weighted by Gasteiger charge is -2.25. The summed E-state index contributed by atoms with van der Waals surface area (Å²) in [6, 6.07) is 2.61. The summed E-state index contributed by atoms with van der Waals surface area (Å²) in [6.07, 6.45) is -1.88. The van der Waals surface area contributed by atoms with Gasteiger partial charge in [-0.25, -0.2) is 0 Å². The molecule has 5 aromatic rings. The van der Waals surface area contributed by atoms with Crippen LogP contribution in [-0.2, 0) is 12.8 Å². The Hall–Kier alpha value is -4.28. The van der Waals surface area contributed by atoms with Crippen LogP contribution in [0.4, 0.5) is 0 Å². The second kappa shape index (κ2) is 9.72. The van der Waals surface area contributed by atoms with Gasteiger partial charge in [0.05, 0.1) is 51.4 Å². The molecule has 0 aliphatic heterocycles. The fraction of sp³-hybridized carbons (Fsp3) is 0.333. The van der Waals surface area contributed by atoms with E-state index in [0.29, 0.717) is 43.4 Å². The average Bonchev–Trinajstić information content (AvgIpc) is 2.89. The molecule has 0 saturated carbocycles. The molecule has 0 amide bonds. The van der Waals surface area contributed by atoms with Crippen LogP contribution >= 0.6 is 0 Å². The number of rotatable bonds is 8. The molecule has 0 heterocycles. The van der Waals surface area contributed by atoms with Crippen molar-refractivity contribution in [3.8, 4) is 34.5 Å². The third-order valence-electron chi connectivity index (χ3n) is 7.41. The number of phenolic OH excluding ortho intramolecular Hbond substituents is 2. The molecule has 0 aliphatic rings. The van der Waals surface area contributed by atoms with Crippen LogP contribution in [0.5, 0.6) is 34.5 Å². The van der Waals surface area contributed by atoms with Gasteiger partial charge in [-0.05, 0) is 24.6 Å². The molecule has 10 nitrogen and oxygen atoms in total. The standard InChI is InChI=1S/C30H30O10/c1-11(31)7-13-19-20-14(8-12(2)32)30(40-6)28(36)22-16(34)10-18(38-4)24(26(20)22)23-17(37-3)9-15(33)21(25(19)23)27(35)29(13)39-5/h9-12,31-34H,7-8H2,1-6H3. The first-order chi connectivity index (χ1) is 19.0. The number of fused-ring (bicyclic) bond motifs is 2. The molecule has 40 heavy (non-hydrogen) atoms. The molecule has 0 bridgehead atoms. The third kappa shape index (κ3) is 3.63. The van der Waals surface area contributed by atoms with Crippen molar-refractivity contribution in [2.24, 2.45) is 0 Å². The number of phenols is 2. The Morgan fingerprint density at radius 2 is 0.925 bits per heavy atom. The lowest BCUT2D eigenvalue weighted by Crippen LogP contribution is -2.18. The van der Waals surface area contributed by atoms with Crippen molar-refractivity contribution >= 4 is 43.1 Å². The molecule has 4 N–H and O–H groups in total. The molecule has 2 atom stereocenters. The van der Waals surface area contributed by atoms with E-state index in [-0.39, 0.29) is 58.1 Å². The van der Waals surface area contributed by atoms with Crippen molar-refractivity contribution in [2.75, 3.05) is 28.4 Å². The van der Waals surface area contributed by atoms with E-state index in [1.165, 1.54) is 40.6 Å². The van der Waals surface area contributed by atoms with Crippen molar-refractivity contribution < 1.29 is 39.4 Å². The fourth-order valence-electron chi connectivity index (χ4n) is 6.06. The van der Waals surface area contributed by atoms with Crippen LogP contribution in [0.1, 0.15) is 25.0 Å². The number of aliphatic hydroxyl groups is 2. The van der Waals surface area contributed by atoms with Gasteiger partial charge in [0.2, 0.25) is 10.9 Å². The number of methoxy groups -OCH3 is 4. The summed E-state index contributed by atoms with van der Waals surface area (Å²) < 4.78 is 22.5. The zero-order valence-electron chi connectivity index (χ0n) is 23.0. The van der Waals surface area contributed by atoms with E-state index < -0.39 is 23.1 Å². The minimum Gasteiger partial charge on any atom is -0.507 e. The van der Waals surface area contributed by atoms with Crippen molar-refractivity contribution in [1.29, 1.82) is 0 Å². The number of hydrogen-bond acceptors (Lipinski definition) is 10. The van der Waals surface area contributed by atoms with Gasteiger partial charge >= 0.3 is 0 Å². The van der Waals surface area contributed by atoms with Crippen molar-refractivity contribution in [3.05, 3.63) is 43.7 Å². The Balaban J connectivity index is 2.38. The Kier molecular flexibility index (Phi) is 6.63. The minimum atomic E-state index is -0.916. The maximum atomic E-state index is 13.8. The van der Waals surface area contributed by atoms with E-state index in [4.69, 9.17) is 18.9 Å². The normalized spacial score (nSPS) is 13.4. The van der Waals surface area contributed by atoms with E-state index in [1.807, 2.05) is 0 Å². The van der Waals surface area contributed by atoms with Gasteiger partial charge in [-0.15, -0.1) is 0 Å². The highest BCUT2D eigenvalue weighted by Gasteiger charge is 2.32. The van der Waals surface area contributed by atoms with Crippen LogP contribution in [0, 0.1) is 0 Å². The lowest BCUT2D eigenvalue weighted by molar-refractivity contribution is 0.194. The van der Waals surface area contributed by atoms with Gasteiger partial charge in [-0.1, -0.05) is 0 Å². The number of aromatic hydroxyl groups is 2. The first-order valence-corrected chi connectivity index (χ1v) is 12.7. The molecule has 210 valence electrons. The van der Waals surface area contributed by atoms with Gasteiger partial charge in [-0.3, -0.25) is 9.59 Å². The molecule has 0 saturated heterocycles. The molecule has 0 radical (unpaired) electrons. The number of hydrogen-bond donors (Lipinski definition) is 4. The van der Waals surface area contributed by atoms with E-state index in [0.717, 1.165) is 0 Å². The highest BCUT2D eigenvalue weighted by atomic mass is 16.5. The summed E-state index contributed by atoms with van der Waals surface area (Å²) in [7, 11) is 5.45. The summed E-state index contributed by atoms with van der Waals surface area (Å²) in [4.78, 5) is 27.7. The Bertz CT molecular complexity index is 1770. The van der Waals surface area contributed by atoms with Crippen molar-refractivity contribution in [3.63, 3.8) is 0 Å². The monoisotopic (exact) mass is 550 g/mol. The second-order valence-corrected chi connectivity index (χ2v) is 9.98. The van der Waals surface area contributed by atoms with Gasteiger partial charge in [0.1, 0.15) is 23.0 Å². The van der Waals surface area contributed by atoms with Gasteiger partial charge < -0.3 is 39.4 Å². The molecular weight excluding hydrogens is 520 g/mol. The van der Waals surface area contributed by atoms with Gasteiger partial charge in [0.25, 0.3) is 0 Å². The molecular formula is C30H30O10. The van der Waals surface area contributed by atoms with Gasteiger partial charge in [0.15, 0.2) is 11.5 Å². The van der Waals surface area contributed by atoms with Crippen LogP contribution in [-0.4, -0.2) is 61.1 Å². The van der Waals surface area contributed by atoms with Crippen LogP contribution in [0.2, 0.25) is 0 Å². The summed E-state index contributed by atoms with van der Waals surface area (Å²) in [5.74, 6) is -0.514. The molecule has 0 fully saturated rings. The van der Waals surface area contributed by atoms with E-state index in [9.17, 15) is 30.0 Å². The molecule has 0 aromatic heterocycles. The summed E-state index contributed by atoms with van der Waals surface area (Å²) >= 11 is 0. The highest BCUT2D eigenvalue weighted by molar-refractivity contribution is 6.38. The third-order valence-corrected chi connectivity index (χ3v) is 7.41. The van der Waals surface area contributed by atoms with E-state index >= 15 is 0 Å². The average molecular weight is 551 g/mol. The van der Waals surface area contributed by atoms with E-state index in [1.54, 1.807) is 13.8 Å². The largest absolute Gasteiger partial charge is 0.507 e. The van der Waals surface area contributed by atoms with E-state index in [2.05, 4.69) is 0 Å². The summed E-state index contributed by atoms with van der Waals surface area (Å²) in [5.41, 5.74) is -0.545. The Labute approximate surface area is 228 Å². The van der Waals surface area contributed by atoms with Crippen LogP contribution in [0.15, 0.2) is 21.7 Å². The summed E-state index contributed by atoms with van der Waals surface area (Å²) in [6.45, 7) is 3.12. The van der Waals surface area contributed by atoms with Gasteiger partial charge in [0, 0.05) is 57.6 Å². The van der Waals surface area contributed by atoms with Gasteiger partial charge in [-0.2, -0.15) is 0 Å². The van der Waals surface area contributed by atoms with Crippen LogP contribution in [0.3, 0.4) is 0 Å². The predicted octanol–water partition coefficient (Wildman–Crippen LogP) is 3.19. The maximum Gasteiger partial charge on any atom is 0.232 e. The maximum absolute atomic E-state index is 13.8. The Morgan fingerprint density at radius 3 is 1.20 bits per heavy atom. The molecule has 2 unspecified atom stereocenters. The van der Waals surface area contributed by atoms with Crippen molar-refractivity contribution in [1.82, 2.24) is 0 Å². The van der Waals surface area contributed by atoms with Crippen LogP contribution in [0.25, 0.3) is 43.1 Å². The molecule has 0 spiro atoms. The van der Waals surface area contributed by atoms with Crippen LogP contribution < -0.4 is 29.8 Å². The quantitative estimate of drug-likeness (QED) is 0.167. The zero-order chi connectivity index (χ0) is 29.2. The number of benzene rings is 5. The molecule has 5 aromatic carbocycles. The number of ether oxygens (including phenoxy) is 4. The highest BCUT2D eigenvalue weighted by Crippen LogP contribution is 2.53. The van der Waals surface area contributed by atoms with Crippen molar-refractivity contribution in [2.45, 2.75) is 38.9 Å². The molecule has 10 heteroatoms. The lowest BCUT2D eigenvalue weighted by atomic mass is 9.82. The summed E-state index contributed by atoms with van der Waals surface area (Å²) in [5, 5.41) is 45.3. The Morgan fingerprint density at radius 1 is 0.575 bits per heavy atom.